The average molecular weight is 399 g/mol. The number of nitrogen functional groups attached to an aromatic ring is 1. The molecule has 28 heavy (non-hydrogen) atoms. The Balaban J connectivity index is 1.83. The molecule has 0 saturated carbocycles. The van der Waals surface area contributed by atoms with Crippen LogP contribution in [-0.4, -0.2) is 30.5 Å². The molecule has 0 aliphatic carbocycles. The first-order valence-corrected chi connectivity index (χ1v) is 9.96. The van der Waals surface area contributed by atoms with Crippen molar-refractivity contribution in [3.63, 3.8) is 0 Å². The first kappa shape index (κ1) is 19.7. The van der Waals surface area contributed by atoms with Gasteiger partial charge in [0, 0.05) is 11.3 Å². The lowest BCUT2D eigenvalue weighted by Crippen LogP contribution is -2.18. The second-order valence-electron chi connectivity index (χ2n) is 6.17. The molecular weight excluding hydrogens is 378 g/mol. The van der Waals surface area contributed by atoms with Crippen molar-refractivity contribution in [2.24, 2.45) is 0 Å². The Bertz CT molecular complexity index is 1070. The Hall–Kier alpha value is -3.01. The lowest BCUT2D eigenvalue weighted by atomic mass is 10.1. The second-order valence-corrected chi connectivity index (χ2v) is 8.06. The molecule has 0 bridgehead atoms. The molecule has 2 aromatic carbocycles. The van der Waals surface area contributed by atoms with Crippen molar-refractivity contribution in [2.75, 3.05) is 18.1 Å². The number of benzene rings is 2. The highest BCUT2D eigenvalue weighted by Crippen LogP contribution is 2.24. The van der Waals surface area contributed by atoms with Crippen LogP contribution >= 0.6 is 0 Å². The van der Waals surface area contributed by atoms with Crippen molar-refractivity contribution in [1.29, 1.82) is 0 Å². The van der Waals surface area contributed by atoms with E-state index in [1.165, 1.54) is 19.2 Å². The number of nitrogens with one attached hydrogen (secondary N) is 2. The van der Waals surface area contributed by atoms with Crippen LogP contribution in [0.25, 0.3) is 11.3 Å². The van der Waals surface area contributed by atoms with Crippen LogP contribution in [0.2, 0.25) is 0 Å². The summed E-state index contributed by atoms with van der Waals surface area (Å²) in [6.07, 6.45) is 0.331. The van der Waals surface area contributed by atoms with Crippen molar-refractivity contribution in [3.05, 3.63) is 66.0 Å². The molecule has 0 aliphatic rings. The third-order valence-corrected chi connectivity index (χ3v) is 5.60. The van der Waals surface area contributed by atoms with E-state index < -0.39 is 16.3 Å². The van der Waals surface area contributed by atoms with Crippen molar-refractivity contribution < 1.29 is 13.5 Å². The fraction of sp³-hybridized carbons (Fsp3) is 0.158. The van der Waals surface area contributed by atoms with E-state index in [9.17, 15) is 13.5 Å². The lowest BCUT2D eigenvalue weighted by Gasteiger charge is -2.16. The summed E-state index contributed by atoms with van der Waals surface area (Å²) in [6, 6.07) is 13.7. The maximum absolute atomic E-state index is 11.8. The van der Waals surface area contributed by atoms with E-state index in [0.29, 0.717) is 11.4 Å². The van der Waals surface area contributed by atoms with Crippen LogP contribution in [0, 0.1) is 6.92 Å². The van der Waals surface area contributed by atoms with E-state index in [-0.39, 0.29) is 16.4 Å². The molecule has 146 valence electrons. The van der Waals surface area contributed by atoms with Gasteiger partial charge in [-0.3, -0.25) is 0 Å². The number of aliphatic hydroxyl groups is 1. The molecule has 1 heterocycles. The molecule has 0 amide bonds. The Kier molecular flexibility index (Phi) is 5.59. The predicted octanol–water partition coefficient (Wildman–Crippen LogP) is 2.05. The number of aromatic nitrogens is 2. The molecule has 1 aromatic heterocycles. The van der Waals surface area contributed by atoms with E-state index in [0.717, 1.165) is 11.1 Å². The molecule has 3 aromatic rings. The fourth-order valence-electron chi connectivity index (χ4n) is 2.55. The Morgan fingerprint density at radius 1 is 1.07 bits per heavy atom. The van der Waals surface area contributed by atoms with Gasteiger partial charge in [-0.25, -0.2) is 23.1 Å². The Labute approximate surface area is 163 Å². The van der Waals surface area contributed by atoms with Crippen LogP contribution in [0.5, 0.6) is 0 Å². The zero-order valence-electron chi connectivity index (χ0n) is 15.4. The number of anilines is 2. The van der Waals surface area contributed by atoms with Gasteiger partial charge in [0.25, 0.3) is 0 Å². The van der Waals surface area contributed by atoms with Crippen molar-refractivity contribution >= 4 is 21.5 Å². The van der Waals surface area contributed by atoms with Crippen LogP contribution < -0.4 is 15.8 Å². The lowest BCUT2D eigenvalue weighted by molar-refractivity contribution is 0.204. The van der Waals surface area contributed by atoms with E-state index >= 15 is 0 Å². The van der Waals surface area contributed by atoms with E-state index in [1.54, 1.807) is 18.3 Å². The quantitative estimate of drug-likeness (QED) is 0.467. The van der Waals surface area contributed by atoms with Crippen LogP contribution in [0.1, 0.15) is 17.5 Å². The maximum atomic E-state index is 11.8. The van der Waals surface area contributed by atoms with Crippen molar-refractivity contribution in [1.82, 2.24) is 14.7 Å². The molecule has 8 nitrogen and oxygen atoms in total. The summed E-state index contributed by atoms with van der Waals surface area (Å²) in [7, 11) is -2.18. The van der Waals surface area contributed by atoms with Crippen LogP contribution in [0.4, 0.5) is 11.5 Å². The van der Waals surface area contributed by atoms with Crippen LogP contribution in [0.3, 0.4) is 0 Å². The molecule has 0 fully saturated rings. The number of hydrogen-bond donors (Lipinski definition) is 4. The normalized spacial score (nSPS) is 12.5. The first-order valence-electron chi connectivity index (χ1n) is 8.48. The van der Waals surface area contributed by atoms with Gasteiger partial charge >= 0.3 is 0 Å². The molecule has 5 N–H and O–H groups in total. The van der Waals surface area contributed by atoms with Gasteiger partial charge in [0.2, 0.25) is 10.0 Å². The SMILES string of the molecule is CNS(=O)(=O)c1ccc(NC(O)c2nc(-c3ccc(C)cc3)cnc2N)cc1. The summed E-state index contributed by atoms with van der Waals surface area (Å²) in [5, 5.41) is 13.4. The minimum atomic E-state index is -3.52. The Morgan fingerprint density at radius 2 is 1.71 bits per heavy atom. The number of aryl methyl sites for hydroxylation is 1. The average Bonchev–Trinajstić information content (AvgIpc) is 2.69. The van der Waals surface area contributed by atoms with Gasteiger partial charge in [-0.05, 0) is 38.2 Å². The molecule has 0 radical (unpaired) electrons. The zero-order chi connectivity index (χ0) is 20.3. The van der Waals surface area contributed by atoms with E-state index in [4.69, 9.17) is 5.73 Å². The number of nitrogens with zero attached hydrogens (tertiary/aromatic N) is 2. The second kappa shape index (κ2) is 7.93. The number of rotatable bonds is 6. The fourth-order valence-corrected chi connectivity index (χ4v) is 3.28. The van der Waals surface area contributed by atoms with Crippen LogP contribution in [0.15, 0.2) is 59.6 Å². The zero-order valence-corrected chi connectivity index (χ0v) is 16.2. The standard InChI is InChI=1S/C19H21N5O3S/c1-12-3-5-13(6-4-12)16-11-22-18(20)17(24-16)19(25)23-14-7-9-15(10-8-14)28(26,27)21-2/h3-11,19,21,23,25H,1-2H3,(H2,20,22). The van der Waals surface area contributed by atoms with Gasteiger partial charge in [-0.1, -0.05) is 29.8 Å². The number of sulfonamides is 1. The predicted molar refractivity (Wildman–Crippen MR) is 108 cm³/mol. The minimum absolute atomic E-state index is 0.102. The summed E-state index contributed by atoms with van der Waals surface area (Å²) in [5.74, 6) is 0.102. The number of nitrogens with two attached hydrogens (primary N) is 1. The molecule has 0 aliphatic heterocycles. The number of aliphatic hydroxyl groups excluding tert-OH is 1. The molecule has 1 atom stereocenters. The molecule has 0 spiro atoms. The topological polar surface area (TPSA) is 130 Å². The molecule has 0 saturated heterocycles. The van der Waals surface area contributed by atoms with Crippen LogP contribution in [-0.2, 0) is 10.0 Å². The third-order valence-electron chi connectivity index (χ3n) is 4.17. The van der Waals surface area contributed by atoms with Crippen molar-refractivity contribution in [2.45, 2.75) is 18.0 Å². The summed E-state index contributed by atoms with van der Waals surface area (Å²) in [6.45, 7) is 1.99. The van der Waals surface area contributed by atoms with Gasteiger partial charge in [0.1, 0.15) is 11.5 Å². The number of hydrogen-bond acceptors (Lipinski definition) is 7. The monoisotopic (exact) mass is 399 g/mol. The van der Waals surface area contributed by atoms with Gasteiger partial charge in [0.05, 0.1) is 16.8 Å². The Morgan fingerprint density at radius 3 is 2.32 bits per heavy atom. The van der Waals surface area contributed by atoms with Gasteiger partial charge in [-0.15, -0.1) is 0 Å². The summed E-state index contributed by atoms with van der Waals surface area (Å²) >= 11 is 0. The van der Waals surface area contributed by atoms with E-state index in [1.807, 2.05) is 31.2 Å². The van der Waals surface area contributed by atoms with Crippen molar-refractivity contribution in [3.8, 4) is 11.3 Å². The molecule has 3 rings (SSSR count). The summed E-state index contributed by atoms with van der Waals surface area (Å²) < 4.78 is 25.8. The summed E-state index contributed by atoms with van der Waals surface area (Å²) in [4.78, 5) is 8.68. The highest BCUT2D eigenvalue weighted by Gasteiger charge is 2.16. The summed E-state index contributed by atoms with van der Waals surface area (Å²) in [5.41, 5.74) is 9.14. The maximum Gasteiger partial charge on any atom is 0.240 e. The van der Waals surface area contributed by atoms with E-state index in [2.05, 4.69) is 20.0 Å². The van der Waals surface area contributed by atoms with Gasteiger partial charge < -0.3 is 16.2 Å². The highest BCUT2D eigenvalue weighted by atomic mass is 32.2. The smallest absolute Gasteiger partial charge is 0.240 e. The first-order chi connectivity index (χ1) is 13.3. The largest absolute Gasteiger partial charge is 0.382 e. The van der Waals surface area contributed by atoms with Gasteiger partial charge in [0.15, 0.2) is 6.23 Å². The minimum Gasteiger partial charge on any atom is -0.382 e. The molecular formula is C19H21N5O3S. The highest BCUT2D eigenvalue weighted by molar-refractivity contribution is 7.89. The molecule has 9 heteroatoms. The van der Waals surface area contributed by atoms with Gasteiger partial charge in [-0.2, -0.15) is 0 Å². The molecule has 1 unspecified atom stereocenters. The third kappa shape index (κ3) is 4.28.